The predicted molar refractivity (Wildman–Crippen MR) is 98.7 cm³/mol. The molecule has 0 amide bonds. The van der Waals surface area contributed by atoms with Crippen LogP contribution in [0, 0.1) is 11.3 Å². The van der Waals surface area contributed by atoms with Gasteiger partial charge in [-0.05, 0) is 49.1 Å². The van der Waals surface area contributed by atoms with Crippen LogP contribution >= 0.6 is 0 Å². The average molecular weight is 345 g/mol. The Kier molecular flexibility index (Phi) is 4.32. The van der Waals surface area contributed by atoms with Gasteiger partial charge in [0.2, 0.25) is 17.5 Å². The van der Waals surface area contributed by atoms with E-state index in [-0.39, 0.29) is 11.6 Å². The summed E-state index contributed by atoms with van der Waals surface area (Å²) in [5.74, 6) is 2.48. The number of rotatable bonds is 6. The number of oxazole rings is 1. The van der Waals surface area contributed by atoms with Gasteiger partial charge in [0.25, 0.3) is 0 Å². The summed E-state index contributed by atoms with van der Waals surface area (Å²) < 4.78 is 11.3. The molecule has 4 rings (SSSR count). The molecular formula is C21H19N3O2. The molecule has 0 spiro atoms. The number of hydrogen-bond donors (Lipinski definition) is 1. The van der Waals surface area contributed by atoms with Gasteiger partial charge >= 0.3 is 0 Å². The van der Waals surface area contributed by atoms with E-state index in [1.807, 2.05) is 49.4 Å². The molecule has 1 aromatic heterocycles. The third kappa shape index (κ3) is 3.27. The Labute approximate surface area is 152 Å². The van der Waals surface area contributed by atoms with Gasteiger partial charge in [-0.3, -0.25) is 0 Å². The van der Waals surface area contributed by atoms with Crippen LogP contribution in [0.2, 0.25) is 0 Å². The van der Waals surface area contributed by atoms with Crippen LogP contribution in [-0.4, -0.2) is 11.6 Å². The number of nitrogens with zero attached hydrogens (tertiary/aromatic N) is 2. The number of anilines is 2. The van der Waals surface area contributed by atoms with Gasteiger partial charge < -0.3 is 14.5 Å². The summed E-state index contributed by atoms with van der Waals surface area (Å²) in [7, 11) is 0. The average Bonchev–Trinajstić information content (AvgIpc) is 3.38. The minimum Gasteiger partial charge on any atom is -0.494 e. The van der Waals surface area contributed by atoms with E-state index in [2.05, 4.69) is 28.5 Å². The summed E-state index contributed by atoms with van der Waals surface area (Å²) in [4.78, 5) is 4.39. The molecular weight excluding hydrogens is 326 g/mol. The zero-order chi connectivity index (χ0) is 17.9. The smallest absolute Gasteiger partial charge is 0.236 e. The molecule has 2 atom stereocenters. The van der Waals surface area contributed by atoms with Crippen molar-refractivity contribution in [2.45, 2.75) is 25.2 Å². The minimum absolute atomic E-state index is 0.236. The molecule has 5 heteroatoms. The second-order valence-electron chi connectivity index (χ2n) is 6.28. The number of hydrogen-bond acceptors (Lipinski definition) is 5. The first-order valence-electron chi connectivity index (χ1n) is 8.74. The van der Waals surface area contributed by atoms with Crippen LogP contribution in [0.5, 0.6) is 5.75 Å². The summed E-state index contributed by atoms with van der Waals surface area (Å²) in [6, 6.07) is 20.0. The molecule has 0 unspecified atom stereocenters. The van der Waals surface area contributed by atoms with E-state index < -0.39 is 0 Å². The monoisotopic (exact) mass is 345 g/mol. The summed E-state index contributed by atoms with van der Waals surface area (Å²) in [6.07, 6.45) is 0.998. The Bertz CT molecular complexity index is 926. The first-order chi connectivity index (χ1) is 12.8. The molecule has 1 saturated carbocycles. The van der Waals surface area contributed by atoms with Crippen molar-refractivity contribution in [3.63, 3.8) is 0 Å². The Morgan fingerprint density at radius 2 is 1.92 bits per heavy atom. The van der Waals surface area contributed by atoms with Gasteiger partial charge in [0.05, 0.1) is 6.61 Å². The fraction of sp³-hybridized carbons (Fsp3) is 0.238. The second-order valence-corrected chi connectivity index (χ2v) is 6.28. The van der Waals surface area contributed by atoms with Gasteiger partial charge in [0, 0.05) is 11.6 Å². The number of aromatic nitrogens is 1. The second kappa shape index (κ2) is 6.93. The van der Waals surface area contributed by atoms with Crippen molar-refractivity contribution >= 4 is 11.6 Å². The third-order valence-corrected chi connectivity index (χ3v) is 4.51. The highest BCUT2D eigenvalue weighted by Crippen LogP contribution is 2.54. The summed E-state index contributed by atoms with van der Waals surface area (Å²) in [5, 5.41) is 12.5. The van der Waals surface area contributed by atoms with Crippen molar-refractivity contribution in [1.29, 1.82) is 5.26 Å². The van der Waals surface area contributed by atoms with Crippen LogP contribution in [0.25, 0.3) is 0 Å². The van der Waals surface area contributed by atoms with Crippen LogP contribution in [-0.2, 0) is 0 Å². The zero-order valence-electron chi connectivity index (χ0n) is 14.5. The molecule has 0 radical (unpaired) electrons. The molecule has 26 heavy (non-hydrogen) atoms. The van der Waals surface area contributed by atoms with E-state index >= 15 is 0 Å². The van der Waals surface area contributed by atoms with Gasteiger partial charge in [0.15, 0.2) is 0 Å². The molecule has 0 bridgehead atoms. The first-order valence-corrected chi connectivity index (χ1v) is 8.74. The highest BCUT2D eigenvalue weighted by molar-refractivity contribution is 5.60. The quantitative estimate of drug-likeness (QED) is 0.684. The van der Waals surface area contributed by atoms with E-state index in [0.29, 0.717) is 24.3 Å². The SMILES string of the molecule is CCOc1ccc(Nc2oc([C@H]3C[C@@H]3c3ccccc3)nc2C#N)cc1. The van der Waals surface area contributed by atoms with Crippen LogP contribution in [0.1, 0.15) is 42.3 Å². The van der Waals surface area contributed by atoms with Crippen molar-refractivity contribution in [1.82, 2.24) is 4.98 Å². The van der Waals surface area contributed by atoms with Gasteiger partial charge in [-0.15, -0.1) is 0 Å². The molecule has 1 fully saturated rings. The van der Waals surface area contributed by atoms with Gasteiger partial charge in [-0.1, -0.05) is 30.3 Å². The van der Waals surface area contributed by atoms with Crippen LogP contribution in [0.3, 0.4) is 0 Å². The molecule has 5 nitrogen and oxygen atoms in total. The molecule has 3 aromatic rings. The van der Waals surface area contributed by atoms with E-state index in [1.54, 1.807) is 0 Å². The Hall–Kier alpha value is -3.26. The van der Waals surface area contributed by atoms with E-state index in [1.165, 1.54) is 5.56 Å². The normalized spacial score (nSPS) is 18.2. The highest BCUT2D eigenvalue weighted by atomic mass is 16.5. The van der Waals surface area contributed by atoms with Crippen LogP contribution < -0.4 is 10.1 Å². The lowest BCUT2D eigenvalue weighted by Crippen LogP contribution is -1.93. The zero-order valence-corrected chi connectivity index (χ0v) is 14.5. The van der Waals surface area contributed by atoms with E-state index in [4.69, 9.17) is 9.15 Å². The van der Waals surface area contributed by atoms with Gasteiger partial charge in [-0.25, -0.2) is 4.98 Å². The molecule has 130 valence electrons. The summed E-state index contributed by atoms with van der Waals surface area (Å²) in [6.45, 7) is 2.57. The lowest BCUT2D eigenvalue weighted by atomic mass is 10.1. The lowest BCUT2D eigenvalue weighted by molar-refractivity contribution is 0.340. The van der Waals surface area contributed by atoms with Crippen LogP contribution in [0.15, 0.2) is 59.0 Å². The van der Waals surface area contributed by atoms with Gasteiger partial charge in [0.1, 0.15) is 11.8 Å². The van der Waals surface area contributed by atoms with Crippen molar-refractivity contribution < 1.29 is 9.15 Å². The number of nitriles is 1. The van der Waals surface area contributed by atoms with E-state index in [9.17, 15) is 5.26 Å². The molecule has 0 saturated heterocycles. The lowest BCUT2D eigenvalue weighted by Gasteiger charge is -2.05. The first kappa shape index (κ1) is 16.2. The summed E-state index contributed by atoms with van der Waals surface area (Å²) >= 11 is 0. The highest BCUT2D eigenvalue weighted by Gasteiger charge is 2.43. The fourth-order valence-corrected chi connectivity index (χ4v) is 3.12. The molecule has 1 N–H and O–H groups in total. The maximum Gasteiger partial charge on any atom is 0.236 e. The number of ether oxygens (including phenoxy) is 1. The molecule has 1 heterocycles. The Morgan fingerprint density at radius 3 is 2.62 bits per heavy atom. The maximum absolute atomic E-state index is 9.38. The largest absolute Gasteiger partial charge is 0.494 e. The molecule has 1 aliphatic rings. The van der Waals surface area contributed by atoms with Crippen molar-refractivity contribution in [2.24, 2.45) is 0 Å². The van der Waals surface area contributed by atoms with Gasteiger partial charge in [-0.2, -0.15) is 5.26 Å². The Balaban J connectivity index is 1.50. The third-order valence-electron chi connectivity index (χ3n) is 4.51. The maximum atomic E-state index is 9.38. The van der Waals surface area contributed by atoms with E-state index in [0.717, 1.165) is 17.9 Å². The van der Waals surface area contributed by atoms with Crippen molar-refractivity contribution in [3.05, 3.63) is 71.7 Å². The molecule has 2 aromatic carbocycles. The van der Waals surface area contributed by atoms with Crippen molar-refractivity contribution in [3.8, 4) is 11.8 Å². The number of benzene rings is 2. The topological polar surface area (TPSA) is 71.1 Å². The predicted octanol–water partition coefficient (Wildman–Crippen LogP) is 4.96. The fourth-order valence-electron chi connectivity index (χ4n) is 3.12. The summed E-state index contributed by atoms with van der Waals surface area (Å²) in [5.41, 5.74) is 2.39. The van der Waals surface area contributed by atoms with Crippen LogP contribution in [0.4, 0.5) is 11.6 Å². The number of nitrogens with one attached hydrogen (secondary N) is 1. The van der Waals surface area contributed by atoms with Crippen molar-refractivity contribution in [2.75, 3.05) is 11.9 Å². The Morgan fingerprint density at radius 1 is 1.15 bits per heavy atom. The molecule has 1 aliphatic carbocycles. The minimum atomic E-state index is 0.236. The standard InChI is InChI=1S/C21H19N3O2/c1-2-25-16-10-8-15(9-11-16)23-21-19(13-22)24-20(26-21)18-12-17(18)14-6-4-3-5-7-14/h3-11,17-18,23H,2,12H2,1H3/t17-,18+/m1/s1. The molecule has 0 aliphatic heterocycles.